The van der Waals surface area contributed by atoms with Crippen LogP contribution >= 0.6 is 23.4 Å². The number of benzene rings is 2. The summed E-state index contributed by atoms with van der Waals surface area (Å²) in [5.74, 6) is 0.0367. The molecule has 1 aliphatic rings. The lowest BCUT2D eigenvalue weighted by Gasteiger charge is -2.08. The zero-order valence-corrected chi connectivity index (χ0v) is 17.3. The number of nitro groups is 1. The summed E-state index contributed by atoms with van der Waals surface area (Å²) >= 11 is 7.23. The molecule has 0 radical (unpaired) electrons. The van der Waals surface area contributed by atoms with Gasteiger partial charge < -0.3 is 14.8 Å². The Bertz CT molecular complexity index is 1070. The van der Waals surface area contributed by atoms with Gasteiger partial charge in [-0.3, -0.25) is 14.9 Å². The highest BCUT2D eigenvalue weighted by atomic mass is 35.5. The predicted molar refractivity (Wildman–Crippen MR) is 113 cm³/mol. The second-order valence-electron chi connectivity index (χ2n) is 5.89. The fourth-order valence-electron chi connectivity index (χ4n) is 2.61. The van der Waals surface area contributed by atoms with Crippen molar-refractivity contribution in [3.05, 3.63) is 61.5 Å². The van der Waals surface area contributed by atoms with Crippen LogP contribution in [0.1, 0.15) is 11.1 Å². The second kappa shape index (κ2) is 8.54. The fraction of sp³-hybridized carbons (Fsp3) is 0.158. The molecule has 0 saturated carbocycles. The van der Waals surface area contributed by atoms with E-state index >= 15 is 0 Å². The molecule has 0 unspecified atom stereocenters. The first kappa shape index (κ1) is 20.7. The molecule has 0 bridgehead atoms. The van der Waals surface area contributed by atoms with E-state index in [1.165, 1.54) is 32.4 Å². The van der Waals surface area contributed by atoms with Crippen LogP contribution in [-0.4, -0.2) is 30.2 Å². The molecule has 0 aromatic heterocycles. The first-order valence-corrected chi connectivity index (χ1v) is 9.48. The first-order chi connectivity index (χ1) is 13.8. The monoisotopic (exact) mass is 433 g/mol. The topological polar surface area (TPSA) is 103 Å². The van der Waals surface area contributed by atoms with E-state index in [1.54, 1.807) is 18.2 Å². The zero-order chi connectivity index (χ0) is 21.1. The van der Waals surface area contributed by atoms with E-state index in [1.807, 2.05) is 6.92 Å². The number of hydrogen-bond acceptors (Lipinski definition) is 7. The molecule has 2 aromatic rings. The molecule has 3 rings (SSSR count). The minimum absolute atomic E-state index is 0.0659. The van der Waals surface area contributed by atoms with Crippen molar-refractivity contribution in [3.63, 3.8) is 0 Å². The van der Waals surface area contributed by atoms with E-state index in [0.29, 0.717) is 32.1 Å². The summed E-state index contributed by atoms with van der Waals surface area (Å²) in [7, 11) is 2.76. The molecule has 1 amide bonds. The molecule has 1 saturated heterocycles. The van der Waals surface area contributed by atoms with Crippen molar-refractivity contribution >= 4 is 51.9 Å². The normalized spacial score (nSPS) is 16.2. The number of rotatable bonds is 5. The van der Waals surface area contributed by atoms with Crippen LogP contribution in [0.5, 0.6) is 11.5 Å². The standard InChI is InChI=1S/C19H16ClN3O5S/c1-10-12(20)5-4-6-13(10)21-19-22-18(24)17(29-19)8-11-7-14(23(25)26)16(28-3)9-15(11)27-2/h4-9H,1-3H3,(H,21,22,24)/b17-8+. The van der Waals surface area contributed by atoms with E-state index in [0.717, 1.165) is 17.3 Å². The van der Waals surface area contributed by atoms with Crippen molar-refractivity contribution in [1.29, 1.82) is 0 Å². The molecule has 1 fully saturated rings. The van der Waals surface area contributed by atoms with Crippen LogP contribution in [0.4, 0.5) is 11.4 Å². The maximum Gasteiger partial charge on any atom is 0.311 e. The molecule has 1 N–H and O–H groups in total. The summed E-state index contributed by atoms with van der Waals surface area (Å²) < 4.78 is 10.3. The largest absolute Gasteiger partial charge is 0.496 e. The van der Waals surface area contributed by atoms with Crippen LogP contribution in [0.15, 0.2) is 40.2 Å². The first-order valence-electron chi connectivity index (χ1n) is 8.29. The zero-order valence-electron chi connectivity index (χ0n) is 15.7. The van der Waals surface area contributed by atoms with Crippen LogP contribution in [0.25, 0.3) is 6.08 Å². The number of ether oxygens (including phenoxy) is 2. The molecule has 0 aliphatic carbocycles. The SMILES string of the molecule is COc1cc(OC)c([N+](=O)[O-])cc1/C=C1/SC(=Nc2cccc(Cl)c2C)NC1=O. The van der Waals surface area contributed by atoms with Gasteiger partial charge in [0.2, 0.25) is 5.75 Å². The predicted octanol–water partition coefficient (Wildman–Crippen LogP) is 4.47. The number of nitrogens with zero attached hydrogens (tertiary/aromatic N) is 2. The summed E-state index contributed by atoms with van der Waals surface area (Å²) in [6, 6.07) is 8.03. The van der Waals surface area contributed by atoms with Gasteiger partial charge in [0.05, 0.1) is 29.7 Å². The Morgan fingerprint density at radius 2 is 1.97 bits per heavy atom. The van der Waals surface area contributed by atoms with Gasteiger partial charge in [0.15, 0.2) is 5.17 Å². The number of amides is 1. The van der Waals surface area contributed by atoms with Gasteiger partial charge in [-0.25, -0.2) is 4.99 Å². The summed E-state index contributed by atoms with van der Waals surface area (Å²) in [5.41, 5.74) is 1.57. The van der Waals surface area contributed by atoms with Crippen molar-refractivity contribution in [2.75, 3.05) is 14.2 Å². The van der Waals surface area contributed by atoms with Crippen molar-refractivity contribution in [3.8, 4) is 11.5 Å². The minimum atomic E-state index is -0.559. The van der Waals surface area contributed by atoms with Gasteiger partial charge in [-0.1, -0.05) is 17.7 Å². The number of amidine groups is 1. The highest BCUT2D eigenvalue weighted by molar-refractivity contribution is 8.18. The summed E-state index contributed by atoms with van der Waals surface area (Å²) in [6.07, 6.45) is 1.51. The van der Waals surface area contributed by atoms with Crippen molar-refractivity contribution < 1.29 is 19.2 Å². The van der Waals surface area contributed by atoms with Gasteiger partial charge in [0, 0.05) is 22.7 Å². The number of carbonyl (C=O) groups is 1. The molecule has 2 aromatic carbocycles. The minimum Gasteiger partial charge on any atom is -0.496 e. The van der Waals surface area contributed by atoms with Crippen LogP contribution in [0, 0.1) is 17.0 Å². The number of aliphatic imine (C=N–C) groups is 1. The third-order valence-electron chi connectivity index (χ3n) is 4.13. The summed E-state index contributed by atoms with van der Waals surface area (Å²) in [5, 5.41) is 14.9. The smallest absolute Gasteiger partial charge is 0.311 e. The third-order valence-corrected chi connectivity index (χ3v) is 5.45. The molecule has 8 nitrogen and oxygen atoms in total. The summed E-state index contributed by atoms with van der Waals surface area (Å²) in [4.78, 5) is 27.9. The molecular formula is C19H16ClN3O5S. The fourth-order valence-corrected chi connectivity index (χ4v) is 3.61. The number of thioether (sulfide) groups is 1. The van der Waals surface area contributed by atoms with Gasteiger partial charge in [-0.2, -0.15) is 0 Å². The van der Waals surface area contributed by atoms with Crippen molar-refractivity contribution in [2.24, 2.45) is 4.99 Å². The molecule has 29 heavy (non-hydrogen) atoms. The van der Waals surface area contributed by atoms with E-state index in [4.69, 9.17) is 21.1 Å². The molecule has 0 atom stereocenters. The van der Waals surface area contributed by atoms with Crippen LogP contribution in [0.2, 0.25) is 5.02 Å². The number of nitrogens with one attached hydrogen (secondary N) is 1. The average molecular weight is 434 g/mol. The molecule has 1 heterocycles. The van der Waals surface area contributed by atoms with E-state index in [9.17, 15) is 14.9 Å². The van der Waals surface area contributed by atoms with Crippen LogP contribution in [0.3, 0.4) is 0 Å². The van der Waals surface area contributed by atoms with Crippen LogP contribution in [-0.2, 0) is 4.79 Å². The third kappa shape index (κ3) is 4.36. The lowest BCUT2D eigenvalue weighted by atomic mass is 10.1. The number of methoxy groups -OCH3 is 2. The van der Waals surface area contributed by atoms with Gasteiger partial charge in [-0.05, 0) is 42.5 Å². The van der Waals surface area contributed by atoms with Crippen molar-refractivity contribution in [2.45, 2.75) is 6.92 Å². The van der Waals surface area contributed by atoms with Gasteiger partial charge in [0.1, 0.15) is 5.75 Å². The van der Waals surface area contributed by atoms with Crippen LogP contribution < -0.4 is 14.8 Å². The second-order valence-corrected chi connectivity index (χ2v) is 7.33. The lowest BCUT2D eigenvalue weighted by molar-refractivity contribution is -0.385. The maximum atomic E-state index is 12.4. The highest BCUT2D eigenvalue weighted by Crippen LogP contribution is 2.37. The molecular weight excluding hydrogens is 418 g/mol. The molecule has 150 valence electrons. The van der Waals surface area contributed by atoms with E-state index in [2.05, 4.69) is 10.3 Å². The summed E-state index contributed by atoms with van der Waals surface area (Å²) in [6.45, 7) is 1.83. The number of halogens is 1. The van der Waals surface area contributed by atoms with Gasteiger partial charge in [0.25, 0.3) is 5.91 Å². The maximum absolute atomic E-state index is 12.4. The highest BCUT2D eigenvalue weighted by Gasteiger charge is 2.26. The number of hydrogen-bond donors (Lipinski definition) is 1. The Hall–Kier alpha value is -3.04. The Morgan fingerprint density at radius 1 is 1.24 bits per heavy atom. The Kier molecular flexibility index (Phi) is 6.09. The van der Waals surface area contributed by atoms with Crippen molar-refractivity contribution in [1.82, 2.24) is 5.32 Å². The van der Waals surface area contributed by atoms with Gasteiger partial charge >= 0.3 is 5.69 Å². The average Bonchev–Trinajstić information content (AvgIpc) is 3.03. The number of nitro benzene ring substituents is 1. The molecule has 0 spiro atoms. The lowest BCUT2D eigenvalue weighted by Crippen LogP contribution is -2.19. The van der Waals surface area contributed by atoms with Gasteiger partial charge in [-0.15, -0.1) is 0 Å². The number of carbonyl (C=O) groups excluding carboxylic acids is 1. The molecule has 10 heteroatoms. The van der Waals surface area contributed by atoms with E-state index < -0.39 is 4.92 Å². The Balaban J connectivity index is 1.98. The Morgan fingerprint density at radius 3 is 2.62 bits per heavy atom. The molecule has 1 aliphatic heterocycles. The quantitative estimate of drug-likeness (QED) is 0.424. The van der Waals surface area contributed by atoms with E-state index in [-0.39, 0.29) is 17.3 Å². The Labute approximate surface area is 175 Å².